The van der Waals surface area contributed by atoms with E-state index in [0.717, 1.165) is 42.5 Å². The summed E-state index contributed by atoms with van der Waals surface area (Å²) in [7, 11) is 1.96. The van der Waals surface area contributed by atoms with E-state index in [1.165, 1.54) is 6.42 Å². The number of aromatic nitrogens is 2. The maximum absolute atomic E-state index is 12.4. The van der Waals surface area contributed by atoms with E-state index in [1.807, 2.05) is 29.8 Å². The topological polar surface area (TPSA) is 85.3 Å². The summed E-state index contributed by atoms with van der Waals surface area (Å²) in [4.78, 5) is 29.3. The Kier molecular flexibility index (Phi) is 7.50. The molecule has 0 saturated heterocycles. The molecule has 1 aliphatic carbocycles. The highest BCUT2D eigenvalue weighted by Crippen LogP contribution is 2.24. The van der Waals surface area contributed by atoms with Gasteiger partial charge in [-0.05, 0) is 55.3 Å². The van der Waals surface area contributed by atoms with Crippen LogP contribution in [-0.4, -0.2) is 34.5 Å². The van der Waals surface area contributed by atoms with Gasteiger partial charge in [0.1, 0.15) is 11.6 Å². The van der Waals surface area contributed by atoms with Crippen molar-refractivity contribution in [2.45, 2.75) is 38.5 Å². The molecular formula is C25H29ClN4O3. The average molecular weight is 469 g/mol. The molecule has 2 aromatic carbocycles. The van der Waals surface area contributed by atoms with Gasteiger partial charge in [-0.3, -0.25) is 9.59 Å². The minimum atomic E-state index is -0.258. The van der Waals surface area contributed by atoms with Gasteiger partial charge in [-0.25, -0.2) is 4.98 Å². The Hall–Kier alpha value is -3.06. The fourth-order valence-electron chi connectivity index (χ4n) is 4.23. The molecule has 0 atom stereocenters. The normalized spacial score (nSPS) is 14.2. The maximum Gasteiger partial charge on any atom is 0.262 e. The van der Waals surface area contributed by atoms with Crippen LogP contribution in [0.5, 0.6) is 5.75 Å². The first-order valence-electron chi connectivity index (χ1n) is 11.4. The molecule has 1 aliphatic rings. The molecule has 0 bridgehead atoms. The van der Waals surface area contributed by atoms with Crippen LogP contribution in [0.15, 0.2) is 42.5 Å². The van der Waals surface area contributed by atoms with Crippen molar-refractivity contribution in [2.24, 2.45) is 13.0 Å². The molecule has 1 fully saturated rings. The molecule has 7 nitrogen and oxygen atoms in total. The van der Waals surface area contributed by atoms with E-state index in [0.29, 0.717) is 29.4 Å². The summed E-state index contributed by atoms with van der Waals surface area (Å²) in [6, 6.07) is 12.5. The lowest BCUT2D eigenvalue weighted by Crippen LogP contribution is -2.33. The molecule has 1 aromatic heterocycles. The van der Waals surface area contributed by atoms with Gasteiger partial charge in [0.15, 0.2) is 6.61 Å². The van der Waals surface area contributed by atoms with Gasteiger partial charge < -0.3 is 19.9 Å². The molecule has 1 heterocycles. The number of carbonyl (C=O) groups excluding carboxylic acids is 2. The molecule has 0 spiro atoms. The summed E-state index contributed by atoms with van der Waals surface area (Å²) in [6.45, 7) is 0.464. The largest absolute Gasteiger partial charge is 0.484 e. The number of amides is 2. The third-order valence-corrected chi connectivity index (χ3v) is 6.32. The summed E-state index contributed by atoms with van der Waals surface area (Å²) in [5.74, 6) is 1.54. The second-order valence-electron chi connectivity index (χ2n) is 8.46. The quantitative estimate of drug-likeness (QED) is 0.510. The third kappa shape index (κ3) is 6.05. The Morgan fingerprint density at radius 2 is 1.88 bits per heavy atom. The molecule has 174 valence electrons. The fraction of sp³-hybridized carbons (Fsp3) is 0.400. The number of hydrogen-bond acceptors (Lipinski definition) is 4. The van der Waals surface area contributed by atoms with Gasteiger partial charge in [0.2, 0.25) is 5.91 Å². The number of ether oxygens (including phenoxy) is 1. The van der Waals surface area contributed by atoms with Crippen LogP contribution >= 0.6 is 11.6 Å². The van der Waals surface area contributed by atoms with Crippen LogP contribution in [0.25, 0.3) is 11.0 Å². The van der Waals surface area contributed by atoms with Crippen LogP contribution in [0.3, 0.4) is 0 Å². The number of carbonyl (C=O) groups is 2. The molecule has 3 aromatic rings. The fourth-order valence-corrected chi connectivity index (χ4v) is 4.36. The van der Waals surface area contributed by atoms with Crippen LogP contribution < -0.4 is 15.4 Å². The van der Waals surface area contributed by atoms with E-state index in [9.17, 15) is 9.59 Å². The Balaban J connectivity index is 1.31. The highest BCUT2D eigenvalue weighted by molar-refractivity contribution is 6.30. The molecular weight excluding hydrogens is 440 g/mol. The van der Waals surface area contributed by atoms with Crippen molar-refractivity contribution < 1.29 is 14.3 Å². The van der Waals surface area contributed by atoms with E-state index < -0.39 is 0 Å². The predicted octanol–water partition coefficient (Wildman–Crippen LogP) is 4.48. The number of halogens is 1. The third-order valence-electron chi connectivity index (χ3n) is 6.06. The minimum absolute atomic E-state index is 0.103. The number of fused-ring (bicyclic) bond motifs is 1. The summed E-state index contributed by atoms with van der Waals surface area (Å²) in [5, 5.41) is 6.53. The molecule has 8 heteroatoms. The van der Waals surface area contributed by atoms with E-state index >= 15 is 0 Å². The minimum Gasteiger partial charge on any atom is -0.484 e. The Morgan fingerprint density at radius 1 is 1.12 bits per heavy atom. The Bertz CT molecular complexity index is 1120. The van der Waals surface area contributed by atoms with E-state index in [4.69, 9.17) is 21.3 Å². The first-order valence-corrected chi connectivity index (χ1v) is 11.8. The predicted molar refractivity (Wildman–Crippen MR) is 130 cm³/mol. The number of benzene rings is 2. The first-order chi connectivity index (χ1) is 16.0. The summed E-state index contributed by atoms with van der Waals surface area (Å²) < 4.78 is 7.51. The van der Waals surface area contributed by atoms with Gasteiger partial charge in [-0.15, -0.1) is 0 Å². The number of nitrogens with one attached hydrogen (secondary N) is 2. The number of anilines is 1. The number of imidazole rings is 1. The van der Waals surface area contributed by atoms with Gasteiger partial charge in [0, 0.05) is 36.6 Å². The van der Waals surface area contributed by atoms with Gasteiger partial charge >= 0.3 is 0 Å². The highest BCUT2D eigenvalue weighted by atomic mass is 35.5. The number of aryl methyl sites for hydroxylation is 1. The van der Waals surface area contributed by atoms with E-state index in [1.54, 1.807) is 24.3 Å². The van der Waals surface area contributed by atoms with Crippen LogP contribution in [-0.2, 0) is 23.1 Å². The van der Waals surface area contributed by atoms with Crippen LogP contribution in [0.1, 0.15) is 37.9 Å². The molecule has 33 heavy (non-hydrogen) atoms. The SMILES string of the molecule is Cn1c(CCNC(=O)C2CCCCC2)nc2cc(NC(=O)COc3ccc(Cl)cc3)ccc21. The van der Waals surface area contributed by atoms with Gasteiger partial charge in [0.25, 0.3) is 5.91 Å². The zero-order valence-electron chi connectivity index (χ0n) is 18.8. The summed E-state index contributed by atoms with van der Waals surface area (Å²) >= 11 is 5.86. The van der Waals surface area contributed by atoms with E-state index in [2.05, 4.69) is 10.6 Å². The lowest BCUT2D eigenvalue weighted by atomic mass is 9.89. The van der Waals surface area contributed by atoms with Crippen molar-refractivity contribution in [1.29, 1.82) is 0 Å². The van der Waals surface area contributed by atoms with Crippen LogP contribution in [0.4, 0.5) is 5.69 Å². The van der Waals surface area contributed by atoms with Gasteiger partial charge in [-0.1, -0.05) is 30.9 Å². The zero-order valence-corrected chi connectivity index (χ0v) is 19.5. The van der Waals surface area contributed by atoms with Crippen molar-refractivity contribution in [3.05, 3.63) is 53.3 Å². The number of hydrogen-bond donors (Lipinski definition) is 2. The van der Waals surface area contributed by atoms with E-state index in [-0.39, 0.29) is 24.3 Å². The van der Waals surface area contributed by atoms with Gasteiger partial charge in [-0.2, -0.15) is 0 Å². The molecule has 1 saturated carbocycles. The van der Waals surface area contributed by atoms with Crippen LogP contribution in [0, 0.1) is 5.92 Å². The van der Waals surface area contributed by atoms with Crippen molar-refractivity contribution in [3.63, 3.8) is 0 Å². The Morgan fingerprint density at radius 3 is 2.64 bits per heavy atom. The Labute approximate surface area is 198 Å². The molecule has 0 aliphatic heterocycles. The molecule has 0 radical (unpaired) electrons. The maximum atomic E-state index is 12.4. The standard InChI is InChI=1S/C25H29ClN4O3/c1-30-22-12-9-19(28-24(31)16-33-20-10-7-18(26)8-11-20)15-21(22)29-23(30)13-14-27-25(32)17-5-3-2-4-6-17/h7-12,15,17H,2-6,13-14,16H2,1H3,(H,27,32)(H,28,31). The van der Waals surface area contributed by atoms with Crippen molar-refractivity contribution in [1.82, 2.24) is 14.9 Å². The summed E-state index contributed by atoms with van der Waals surface area (Å²) in [5.41, 5.74) is 2.42. The van der Waals surface area contributed by atoms with Crippen molar-refractivity contribution >= 4 is 40.1 Å². The smallest absolute Gasteiger partial charge is 0.262 e. The average Bonchev–Trinajstić information content (AvgIpc) is 3.14. The number of rotatable bonds is 8. The lowest BCUT2D eigenvalue weighted by Gasteiger charge is -2.20. The lowest BCUT2D eigenvalue weighted by molar-refractivity contribution is -0.125. The molecule has 2 N–H and O–H groups in total. The molecule has 2 amide bonds. The van der Waals surface area contributed by atoms with Crippen LogP contribution in [0.2, 0.25) is 5.02 Å². The summed E-state index contributed by atoms with van der Waals surface area (Å²) in [6.07, 6.45) is 6.18. The molecule has 0 unspecified atom stereocenters. The second-order valence-corrected chi connectivity index (χ2v) is 8.89. The second kappa shape index (κ2) is 10.7. The highest BCUT2D eigenvalue weighted by Gasteiger charge is 2.20. The van der Waals surface area contributed by atoms with Gasteiger partial charge in [0.05, 0.1) is 11.0 Å². The molecule has 4 rings (SSSR count). The van der Waals surface area contributed by atoms with Crippen molar-refractivity contribution in [2.75, 3.05) is 18.5 Å². The van der Waals surface area contributed by atoms with Crippen molar-refractivity contribution in [3.8, 4) is 5.75 Å². The number of nitrogens with zero attached hydrogens (tertiary/aromatic N) is 2. The zero-order chi connectivity index (χ0) is 23.2. The monoisotopic (exact) mass is 468 g/mol. The first kappa shape index (κ1) is 23.1.